The highest BCUT2D eigenvalue weighted by Gasteiger charge is 2.09. The number of unbranched alkanes of at least 4 members (excludes halogenated alkanes) is 1. The van der Waals surface area contributed by atoms with Crippen LogP contribution in [0.1, 0.15) is 32.3 Å². The van der Waals surface area contributed by atoms with E-state index < -0.39 is 0 Å². The second-order valence-electron chi connectivity index (χ2n) is 7.02. The monoisotopic (exact) mass is 405 g/mol. The molecule has 0 aliphatic carbocycles. The van der Waals surface area contributed by atoms with Crippen LogP contribution in [-0.4, -0.2) is 22.3 Å². The van der Waals surface area contributed by atoms with Gasteiger partial charge in [-0.15, -0.1) is 0 Å². The van der Waals surface area contributed by atoms with Gasteiger partial charge in [-0.2, -0.15) is 5.10 Å². The Labute approximate surface area is 176 Å². The van der Waals surface area contributed by atoms with Crippen molar-refractivity contribution in [2.24, 2.45) is 0 Å². The van der Waals surface area contributed by atoms with Crippen LogP contribution >= 0.6 is 0 Å². The quantitative estimate of drug-likeness (QED) is 0.576. The van der Waals surface area contributed by atoms with Crippen LogP contribution in [-0.2, 0) is 17.8 Å². The Morgan fingerprint density at radius 1 is 1.00 bits per heavy atom. The zero-order chi connectivity index (χ0) is 21.3. The molecule has 1 heterocycles. The van der Waals surface area contributed by atoms with Crippen LogP contribution in [0.15, 0.2) is 65.5 Å². The van der Waals surface area contributed by atoms with Gasteiger partial charge in [0.05, 0.1) is 12.3 Å². The molecule has 0 aliphatic heterocycles. The van der Waals surface area contributed by atoms with E-state index in [9.17, 15) is 9.59 Å². The maximum atomic E-state index is 12.4. The van der Waals surface area contributed by atoms with Crippen LogP contribution in [0.3, 0.4) is 0 Å². The molecule has 0 fully saturated rings. The summed E-state index contributed by atoms with van der Waals surface area (Å²) in [5, 5.41) is 7.18. The molecule has 0 saturated carbocycles. The lowest BCUT2D eigenvalue weighted by Gasteiger charge is -2.09. The van der Waals surface area contributed by atoms with Gasteiger partial charge < -0.3 is 10.1 Å². The summed E-state index contributed by atoms with van der Waals surface area (Å²) in [6.45, 7) is 4.53. The highest BCUT2D eigenvalue weighted by atomic mass is 16.5. The van der Waals surface area contributed by atoms with Crippen LogP contribution in [0.25, 0.3) is 11.3 Å². The molecule has 6 nitrogen and oxygen atoms in total. The van der Waals surface area contributed by atoms with Crippen molar-refractivity contribution in [1.29, 1.82) is 0 Å². The first-order valence-electron chi connectivity index (χ1n) is 10.3. The van der Waals surface area contributed by atoms with Gasteiger partial charge in [0, 0.05) is 17.3 Å². The van der Waals surface area contributed by atoms with E-state index in [1.807, 2.05) is 55.5 Å². The summed E-state index contributed by atoms with van der Waals surface area (Å²) in [5.41, 5.74) is 3.09. The lowest BCUT2D eigenvalue weighted by molar-refractivity contribution is -0.117. The Morgan fingerprint density at radius 2 is 1.73 bits per heavy atom. The van der Waals surface area contributed by atoms with Gasteiger partial charge in [-0.05, 0) is 67.8 Å². The number of carbonyl (C=O) groups is 1. The molecule has 0 spiro atoms. The molecule has 1 amide bonds. The third kappa shape index (κ3) is 5.80. The highest BCUT2D eigenvalue weighted by Crippen LogP contribution is 2.20. The minimum Gasteiger partial charge on any atom is -0.494 e. The van der Waals surface area contributed by atoms with Gasteiger partial charge in [-0.3, -0.25) is 9.59 Å². The van der Waals surface area contributed by atoms with Crippen molar-refractivity contribution < 1.29 is 9.53 Å². The third-order valence-electron chi connectivity index (χ3n) is 4.68. The Morgan fingerprint density at radius 3 is 2.40 bits per heavy atom. The summed E-state index contributed by atoms with van der Waals surface area (Å²) in [6.07, 6.45) is 3.32. The number of rotatable bonds is 9. The fraction of sp³-hybridized carbons (Fsp3) is 0.292. The molecule has 1 N–H and O–H groups in total. The first-order valence-corrected chi connectivity index (χ1v) is 10.3. The second-order valence-corrected chi connectivity index (χ2v) is 7.02. The Balaban J connectivity index is 1.67. The maximum Gasteiger partial charge on any atom is 0.267 e. The normalized spacial score (nSPS) is 10.6. The van der Waals surface area contributed by atoms with Gasteiger partial charge in [0.2, 0.25) is 5.91 Å². The molecule has 0 bridgehead atoms. The van der Waals surface area contributed by atoms with Crippen LogP contribution in [0.5, 0.6) is 5.75 Å². The molecule has 2 aromatic carbocycles. The minimum absolute atomic E-state index is 0.151. The smallest absolute Gasteiger partial charge is 0.267 e. The second kappa shape index (κ2) is 10.4. The zero-order valence-corrected chi connectivity index (χ0v) is 17.4. The Bertz CT molecular complexity index is 1020. The average Bonchev–Trinajstić information content (AvgIpc) is 2.75. The predicted octanol–water partition coefficient (Wildman–Crippen LogP) is 4.29. The first-order chi connectivity index (χ1) is 14.6. The summed E-state index contributed by atoms with van der Waals surface area (Å²) >= 11 is 0. The van der Waals surface area contributed by atoms with Gasteiger partial charge in [-0.25, -0.2) is 4.68 Å². The molecule has 3 rings (SSSR count). The average molecular weight is 405 g/mol. The van der Waals surface area contributed by atoms with Crippen LogP contribution < -0.4 is 15.6 Å². The third-order valence-corrected chi connectivity index (χ3v) is 4.68. The van der Waals surface area contributed by atoms with Gasteiger partial charge in [-0.1, -0.05) is 25.5 Å². The summed E-state index contributed by atoms with van der Waals surface area (Å²) < 4.78 is 6.62. The van der Waals surface area contributed by atoms with Gasteiger partial charge in [0.15, 0.2) is 0 Å². The largest absolute Gasteiger partial charge is 0.494 e. The standard InChI is InChI=1S/C24H27N3O3/c1-3-5-6-18-7-11-20(12-8-18)25-23(28)17-27-24(29)16-15-22(26-27)19-9-13-21(14-10-19)30-4-2/h7-16H,3-6,17H2,1-2H3,(H,25,28). The molecule has 0 saturated heterocycles. The van der Waals surface area contributed by atoms with E-state index in [2.05, 4.69) is 17.3 Å². The molecule has 6 heteroatoms. The SMILES string of the molecule is CCCCc1ccc(NC(=O)Cn2nc(-c3ccc(OCC)cc3)ccc2=O)cc1. The molecule has 156 valence electrons. The summed E-state index contributed by atoms with van der Waals surface area (Å²) in [7, 11) is 0. The molecular weight excluding hydrogens is 378 g/mol. The Kier molecular flexibility index (Phi) is 7.38. The lowest BCUT2D eigenvalue weighted by atomic mass is 10.1. The van der Waals surface area contributed by atoms with Gasteiger partial charge >= 0.3 is 0 Å². The fourth-order valence-corrected chi connectivity index (χ4v) is 3.08. The highest BCUT2D eigenvalue weighted by molar-refractivity contribution is 5.90. The van der Waals surface area contributed by atoms with E-state index >= 15 is 0 Å². The van der Waals surface area contributed by atoms with Crippen LogP contribution in [0.2, 0.25) is 0 Å². The predicted molar refractivity (Wildman–Crippen MR) is 119 cm³/mol. The van der Waals surface area contributed by atoms with E-state index in [0.29, 0.717) is 18.0 Å². The Hall–Kier alpha value is -3.41. The fourth-order valence-electron chi connectivity index (χ4n) is 3.08. The number of aromatic nitrogens is 2. The van der Waals surface area contributed by atoms with Crippen molar-refractivity contribution in [3.8, 4) is 17.0 Å². The van der Waals surface area contributed by atoms with Crippen molar-refractivity contribution >= 4 is 11.6 Å². The number of carbonyl (C=O) groups excluding carboxylic acids is 1. The molecule has 0 atom stereocenters. The zero-order valence-electron chi connectivity index (χ0n) is 17.4. The molecular formula is C24H27N3O3. The maximum absolute atomic E-state index is 12.4. The summed E-state index contributed by atoms with van der Waals surface area (Å²) in [6, 6.07) is 18.3. The first kappa shape index (κ1) is 21.3. The molecule has 0 aliphatic rings. The molecule has 0 radical (unpaired) electrons. The number of hydrogen-bond donors (Lipinski definition) is 1. The summed E-state index contributed by atoms with van der Waals surface area (Å²) in [5.74, 6) is 0.476. The number of aryl methyl sites for hydroxylation is 1. The van der Waals surface area contributed by atoms with Crippen molar-refractivity contribution in [1.82, 2.24) is 9.78 Å². The van der Waals surface area contributed by atoms with E-state index in [1.54, 1.807) is 6.07 Å². The number of nitrogens with zero attached hydrogens (tertiary/aromatic N) is 2. The van der Waals surface area contributed by atoms with Crippen LogP contribution in [0.4, 0.5) is 5.69 Å². The van der Waals surface area contributed by atoms with E-state index in [4.69, 9.17) is 4.74 Å². The molecule has 3 aromatic rings. The van der Waals surface area contributed by atoms with Crippen molar-refractivity contribution in [2.45, 2.75) is 39.7 Å². The van der Waals surface area contributed by atoms with Crippen molar-refractivity contribution in [2.75, 3.05) is 11.9 Å². The number of ether oxygens (including phenoxy) is 1. The van der Waals surface area contributed by atoms with Gasteiger partial charge in [0.25, 0.3) is 5.56 Å². The molecule has 30 heavy (non-hydrogen) atoms. The summed E-state index contributed by atoms with van der Waals surface area (Å²) in [4.78, 5) is 24.6. The van der Waals surface area contributed by atoms with E-state index in [-0.39, 0.29) is 18.0 Å². The topological polar surface area (TPSA) is 73.2 Å². The number of nitrogens with one attached hydrogen (secondary N) is 1. The number of anilines is 1. The van der Waals surface area contributed by atoms with Crippen LogP contribution in [0, 0.1) is 0 Å². The van der Waals surface area contributed by atoms with E-state index in [0.717, 1.165) is 30.6 Å². The molecule has 0 unspecified atom stereocenters. The molecule has 1 aromatic heterocycles. The van der Waals surface area contributed by atoms with Crippen molar-refractivity contribution in [3.05, 3.63) is 76.6 Å². The number of amides is 1. The van der Waals surface area contributed by atoms with E-state index in [1.165, 1.54) is 16.3 Å². The van der Waals surface area contributed by atoms with Crippen molar-refractivity contribution in [3.63, 3.8) is 0 Å². The number of hydrogen-bond acceptors (Lipinski definition) is 4. The van der Waals surface area contributed by atoms with Gasteiger partial charge in [0.1, 0.15) is 12.3 Å². The minimum atomic E-state index is -0.324. The number of benzene rings is 2. The lowest BCUT2D eigenvalue weighted by Crippen LogP contribution is -2.29.